The summed E-state index contributed by atoms with van der Waals surface area (Å²) < 4.78 is 46.9. The van der Waals surface area contributed by atoms with Crippen molar-refractivity contribution in [2.75, 3.05) is 25.6 Å². The number of aryl methyl sites for hydroxylation is 1. The predicted molar refractivity (Wildman–Crippen MR) is 102 cm³/mol. The summed E-state index contributed by atoms with van der Waals surface area (Å²) in [6.07, 6.45) is 0.749. The number of ether oxygens (including phenoxy) is 2. The Hall–Kier alpha value is -2.77. The van der Waals surface area contributed by atoms with E-state index >= 15 is 0 Å². The maximum atomic E-state index is 12.3. The van der Waals surface area contributed by atoms with Gasteiger partial charge in [-0.1, -0.05) is 6.07 Å². The summed E-state index contributed by atoms with van der Waals surface area (Å²) >= 11 is 0. The Kier molecular flexibility index (Phi) is 6.61. The van der Waals surface area contributed by atoms with E-state index in [1.54, 1.807) is 18.3 Å². The molecule has 5 nitrogen and oxygen atoms in total. The van der Waals surface area contributed by atoms with Gasteiger partial charge in [0.25, 0.3) is 0 Å². The minimum atomic E-state index is -4.22. The molecule has 3 rings (SSSR count). The van der Waals surface area contributed by atoms with Gasteiger partial charge in [0.05, 0.1) is 37.6 Å². The number of alkyl halides is 3. The molecule has 0 bridgehead atoms. The number of hydrogen-bond acceptors (Lipinski definition) is 5. The number of hydrogen-bond donors (Lipinski definition) is 1. The van der Waals surface area contributed by atoms with Crippen molar-refractivity contribution in [2.24, 2.45) is 0 Å². The molecular weight excluding hydrogens is 385 g/mol. The van der Waals surface area contributed by atoms with E-state index in [-0.39, 0.29) is 12.5 Å². The van der Waals surface area contributed by atoms with Gasteiger partial charge < -0.3 is 14.8 Å². The third kappa shape index (κ3) is 5.62. The highest BCUT2D eigenvalue weighted by molar-refractivity contribution is 5.95. The quantitative estimate of drug-likeness (QED) is 0.671. The maximum absolute atomic E-state index is 12.3. The molecule has 29 heavy (non-hydrogen) atoms. The molecule has 1 heterocycles. The van der Waals surface area contributed by atoms with Gasteiger partial charge in [0, 0.05) is 18.7 Å². The largest absolute Gasteiger partial charge is 0.493 e. The Labute approximate surface area is 167 Å². The summed E-state index contributed by atoms with van der Waals surface area (Å²) in [7, 11) is 1.33. The molecule has 2 aromatic rings. The molecule has 0 saturated carbocycles. The van der Waals surface area contributed by atoms with E-state index in [0.29, 0.717) is 23.5 Å². The molecule has 1 aliphatic carbocycles. The number of fused-ring (bicyclic) bond motifs is 1. The molecule has 1 aliphatic rings. The van der Waals surface area contributed by atoms with Crippen LogP contribution in [0, 0.1) is 0 Å². The van der Waals surface area contributed by atoms with Crippen LogP contribution in [0.4, 0.5) is 18.9 Å². The molecule has 156 valence electrons. The first-order valence-electron chi connectivity index (χ1n) is 9.46. The number of carbonyl (C=O) groups is 1. The van der Waals surface area contributed by atoms with Crippen LogP contribution in [0.3, 0.4) is 0 Å². The molecule has 0 radical (unpaired) electrons. The summed E-state index contributed by atoms with van der Waals surface area (Å²) in [5.41, 5.74) is 3.27. The molecule has 0 amide bonds. The first-order valence-corrected chi connectivity index (χ1v) is 9.46. The number of halogens is 3. The summed E-state index contributed by atoms with van der Waals surface area (Å²) in [5.74, 6) is 0.245. The van der Waals surface area contributed by atoms with Gasteiger partial charge in [-0.25, -0.2) is 4.79 Å². The van der Waals surface area contributed by atoms with Crippen molar-refractivity contribution in [1.82, 2.24) is 4.98 Å². The van der Waals surface area contributed by atoms with Crippen LogP contribution in [0.1, 0.15) is 46.7 Å². The van der Waals surface area contributed by atoms with Crippen molar-refractivity contribution >= 4 is 11.7 Å². The Morgan fingerprint density at radius 3 is 2.90 bits per heavy atom. The van der Waals surface area contributed by atoms with Crippen LogP contribution in [0.5, 0.6) is 5.75 Å². The maximum Gasteiger partial charge on any atom is 0.392 e. The lowest BCUT2D eigenvalue weighted by molar-refractivity contribution is -0.139. The third-order valence-corrected chi connectivity index (χ3v) is 4.97. The first-order chi connectivity index (χ1) is 13.9. The van der Waals surface area contributed by atoms with E-state index in [9.17, 15) is 18.0 Å². The van der Waals surface area contributed by atoms with Crippen LogP contribution in [-0.4, -0.2) is 37.4 Å². The number of aromatic nitrogens is 1. The second-order valence-electron chi connectivity index (χ2n) is 6.96. The zero-order valence-electron chi connectivity index (χ0n) is 16.1. The molecule has 0 saturated heterocycles. The highest BCUT2D eigenvalue weighted by Crippen LogP contribution is 2.34. The van der Waals surface area contributed by atoms with Gasteiger partial charge in [-0.05, 0) is 48.6 Å². The van der Waals surface area contributed by atoms with Crippen molar-refractivity contribution in [3.8, 4) is 5.75 Å². The van der Waals surface area contributed by atoms with Crippen molar-refractivity contribution in [1.29, 1.82) is 0 Å². The first kappa shape index (κ1) is 21.0. The van der Waals surface area contributed by atoms with Crippen LogP contribution in [0.15, 0.2) is 36.7 Å². The number of nitrogens with one attached hydrogen (secondary N) is 1. The number of benzene rings is 1. The Morgan fingerprint density at radius 2 is 2.14 bits per heavy atom. The molecule has 0 aliphatic heterocycles. The lowest BCUT2D eigenvalue weighted by Gasteiger charge is -2.27. The average Bonchev–Trinajstić information content (AvgIpc) is 2.70. The monoisotopic (exact) mass is 408 g/mol. The molecule has 8 heteroatoms. The summed E-state index contributed by atoms with van der Waals surface area (Å²) in [4.78, 5) is 16.0. The predicted octanol–water partition coefficient (Wildman–Crippen LogP) is 4.73. The van der Waals surface area contributed by atoms with E-state index in [4.69, 9.17) is 9.47 Å². The van der Waals surface area contributed by atoms with Crippen LogP contribution in [0.2, 0.25) is 0 Å². The number of carbonyl (C=O) groups excluding carboxylic acids is 1. The van der Waals surface area contributed by atoms with Gasteiger partial charge in [0.15, 0.2) is 0 Å². The van der Waals surface area contributed by atoms with Crippen molar-refractivity contribution in [3.63, 3.8) is 0 Å². The smallest absolute Gasteiger partial charge is 0.392 e. The SMILES string of the molecule is COC(=O)c1ccncc1NC[C@@H]1CCCc2cc(OCCC(F)(F)F)ccc21. The van der Waals surface area contributed by atoms with Gasteiger partial charge in [-0.3, -0.25) is 4.98 Å². The summed E-state index contributed by atoms with van der Waals surface area (Å²) in [6, 6.07) is 7.08. The molecule has 0 spiro atoms. The summed E-state index contributed by atoms with van der Waals surface area (Å²) in [6.45, 7) is 0.224. The van der Waals surface area contributed by atoms with Crippen molar-refractivity contribution < 1.29 is 27.4 Å². The lowest BCUT2D eigenvalue weighted by Crippen LogP contribution is -2.19. The molecule has 0 unspecified atom stereocenters. The minimum Gasteiger partial charge on any atom is -0.493 e. The van der Waals surface area contributed by atoms with E-state index in [1.165, 1.54) is 13.3 Å². The fraction of sp³-hybridized carbons (Fsp3) is 0.429. The van der Waals surface area contributed by atoms with E-state index in [0.717, 1.165) is 30.4 Å². The van der Waals surface area contributed by atoms with E-state index in [1.807, 2.05) is 12.1 Å². The standard InChI is InChI=1S/C21H23F3N2O3/c1-28-20(27)18-7-9-25-13-19(18)26-12-15-4-2-3-14-11-16(5-6-17(14)15)29-10-8-21(22,23)24/h5-7,9,11,13,15,26H,2-4,8,10,12H2,1H3/t15-/m0/s1. The number of esters is 1. The molecule has 1 aromatic carbocycles. The van der Waals surface area contributed by atoms with E-state index in [2.05, 4.69) is 10.3 Å². The van der Waals surface area contributed by atoms with Gasteiger partial charge >= 0.3 is 12.1 Å². The Balaban J connectivity index is 1.66. The summed E-state index contributed by atoms with van der Waals surface area (Å²) in [5, 5.41) is 3.29. The van der Waals surface area contributed by atoms with Gasteiger partial charge in [0.1, 0.15) is 5.75 Å². The van der Waals surface area contributed by atoms with Crippen molar-refractivity contribution in [3.05, 3.63) is 53.3 Å². The minimum absolute atomic E-state index is 0.216. The molecule has 1 aromatic heterocycles. The molecule has 1 N–H and O–H groups in total. The average molecular weight is 408 g/mol. The Morgan fingerprint density at radius 1 is 1.31 bits per heavy atom. The topological polar surface area (TPSA) is 60.5 Å². The second-order valence-corrected chi connectivity index (χ2v) is 6.96. The number of pyridine rings is 1. The van der Waals surface area contributed by atoms with E-state index < -0.39 is 18.6 Å². The Bertz CT molecular complexity index is 855. The number of anilines is 1. The molecular formula is C21H23F3N2O3. The number of methoxy groups -OCH3 is 1. The van der Waals surface area contributed by atoms with Crippen LogP contribution in [-0.2, 0) is 11.2 Å². The van der Waals surface area contributed by atoms with Gasteiger partial charge in [-0.2, -0.15) is 13.2 Å². The molecule has 0 fully saturated rings. The second kappa shape index (κ2) is 9.15. The zero-order chi connectivity index (χ0) is 20.9. The number of nitrogens with zero attached hydrogens (tertiary/aromatic N) is 1. The normalized spacial score (nSPS) is 16.1. The zero-order valence-corrected chi connectivity index (χ0v) is 16.1. The van der Waals surface area contributed by atoms with Gasteiger partial charge in [-0.15, -0.1) is 0 Å². The lowest BCUT2D eigenvalue weighted by atomic mass is 9.82. The van der Waals surface area contributed by atoms with Crippen LogP contribution < -0.4 is 10.1 Å². The van der Waals surface area contributed by atoms with Crippen LogP contribution in [0.25, 0.3) is 0 Å². The van der Waals surface area contributed by atoms with Crippen molar-refractivity contribution in [2.45, 2.75) is 37.8 Å². The van der Waals surface area contributed by atoms with Gasteiger partial charge in [0.2, 0.25) is 0 Å². The van der Waals surface area contributed by atoms with Crippen LogP contribution >= 0.6 is 0 Å². The fourth-order valence-corrected chi connectivity index (χ4v) is 3.53. The number of rotatable bonds is 7. The fourth-order valence-electron chi connectivity index (χ4n) is 3.53. The molecule has 1 atom stereocenters. The highest BCUT2D eigenvalue weighted by Gasteiger charge is 2.27. The third-order valence-electron chi connectivity index (χ3n) is 4.97. The highest BCUT2D eigenvalue weighted by atomic mass is 19.4.